The molecule has 0 bridgehead atoms. The number of hydrogen-bond acceptors (Lipinski definition) is 4. The Morgan fingerprint density at radius 1 is 0.880 bits per heavy atom. The number of carbonyl (C=O) groups is 2. The molecule has 1 aromatic heterocycles. The van der Waals surface area contributed by atoms with E-state index in [9.17, 15) is 9.59 Å². The summed E-state index contributed by atoms with van der Waals surface area (Å²) in [7, 11) is 0. The fourth-order valence-corrected chi connectivity index (χ4v) is 2.40. The van der Waals surface area contributed by atoms with E-state index in [1.807, 2.05) is 36.4 Å². The standard InChI is InChI=1S/C20H18N2O3/c23-18(16-10-5-2-6-11-16)19(21-14-15-8-3-1-4-9-15)22-20(24)17-12-7-13-25-17/h1-13,19,21H,14H2,(H,22,24)/t19-/m1/s1. The van der Waals surface area contributed by atoms with Crippen LogP contribution in [0.15, 0.2) is 83.5 Å². The lowest BCUT2D eigenvalue weighted by molar-refractivity contribution is 0.0821. The Morgan fingerprint density at radius 2 is 1.56 bits per heavy atom. The molecule has 1 heterocycles. The highest BCUT2D eigenvalue weighted by Gasteiger charge is 2.23. The molecule has 0 radical (unpaired) electrons. The van der Waals surface area contributed by atoms with Crippen LogP contribution in [0.3, 0.4) is 0 Å². The Bertz CT molecular complexity index is 815. The lowest BCUT2D eigenvalue weighted by atomic mass is 10.1. The largest absolute Gasteiger partial charge is 0.459 e. The summed E-state index contributed by atoms with van der Waals surface area (Å²) in [6, 6.07) is 21.7. The van der Waals surface area contributed by atoms with Crippen LogP contribution in [-0.4, -0.2) is 17.9 Å². The summed E-state index contributed by atoms with van der Waals surface area (Å²) < 4.78 is 5.09. The molecule has 0 spiro atoms. The number of carbonyl (C=O) groups excluding carboxylic acids is 2. The highest BCUT2D eigenvalue weighted by molar-refractivity contribution is 6.03. The third kappa shape index (κ3) is 4.43. The number of nitrogens with one attached hydrogen (secondary N) is 2. The molecule has 3 aromatic rings. The number of hydrogen-bond donors (Lipinski definition) is 2. The lowest BCUT2D eigenvalue weighted by Crippen LogP contribution is -2.50. The maximum Gasteiger partial charge on any atom is 0.288 e. The molecule has 2 N–H and O–H groups in total. The van der Waals surface area contributed by atoms with Crippen molar-refractivity contribution in [3.05, 3.63) is 95.9 Å². The van der Waals surface area contributed by atoms with Crippen molar-refractivity contribution >= 4 is 11.7 Å². The van der Waals surface area contributed by atoms with E-state index in [4.69, 9.17) is 4.42 Å². The molecule has 0 unspecified atom stereocenters. The summed E-state index contributed by atoms with van der Waals surface area (Å²) in [6.07, 6.45) is 0.556. The van der Waals surface area contributed by atoms with E-state index in [1.54, 1.807) is 36.4 Å². The molecule has 0 saturated carbocycles. The monoisotopic (exact) mass is 334 g/mol. The van der Waals surface area contributed by atoms with Gasteiger partial charge in [0, 0.05) is 12.1 Å². The summed E-state index contributed by atoms with van der Waals surface area (Å²) in [5.74, 6) is -0.497. The van der Waals surface area contributed by atoms with Gasteiger partial charge in [-0.05, 0) is 17.7 Å². The fraction of sp³-hybridized carbons (Fsp3) is 0.100. The summed E-state index contributed by atoms with van der Waals surface area (Å²) in [5.41, 5.74) is 1.54. The van der Waals surface area contributed by atoms with Crippen LogP contribution in [0.1, 0.15) is 26.5 Å². The van der Waals surface area contributed by atoms with Crippen LogP contribution >= 0.6 is 0 Å². The van der Waals surface area contributed by atoms with Crippen LogP contribution in [0, 0.1) is 0 Å². The predicted octanol–water partition coefficient (Wildman–Crippen LogP) is 3.01. The zero-order valence-corrected chi connectivity index (χ0v) is 13.5. The van der Waals surface area contributed by atoms with Crippen LogP contribution in [0.5, 0.6) is 0 Å². The quantitative estimate of drug-likeness (QED) is 0.515. The third-order valence-electron chi connectivity index (χ3n) is 3.69. The van der Waals surface area contributed by atoms with Crippen molar-refractivity contribution in [2.75, 3.05) is 0 Å². The van der Waals surface area contributed by atoms with Crippen LogP contribution in [0.2, 0.25) is 0 Å². The molecule has 1 amide bonds. The van der Waals surface area contributed by atoms with E-state index in [0.29, 0.717) is 12.1 Å². The van der Waals surface area contributed by atoms with Crippen molar-refractivity contribution in [2.24, 2.45) is 0 Å². The van der Waals surface area contributed by atoms with Gasteiger partial charge >= 0.3 is 0 Å². The Hall–Kier alpha value is -3.18. The Kier molecular flexibility index (Phi) is 5.39. The Morgan fingerprint density at radius 3 is 2.20 bits per heavy atom. The average Bonchev–Trinajstić information content (AvgIpc) is 3.21. The summed E-state index contributed by atoms with van der Waals surface area (Å²) in [4.78, 5) is 25.0. The second-order valence-electron chi connectivity index (χ2n) is 5.48. The van der Waals surface area contributed by atoms with Gasteiger partial charge in [0.05, 0.1) is 6.26 Å². The summed E-state index contributed by atoms with van der Waals surface area (Å²) in [6.45, 7) is 0.447. The van der Waals surface area contributed by atoms with Gasteiger partial charge in [0.2, 0.25) is 0 Å². The smallest absolute Gasteiger partial charge is 0.288 e. The van der Waals surface area contributed by atoms with Crippen LogP contribution in [0.25, 0.3) is 0 Å². The van der Waals surface area contributed by atoms with E-state index in [0.717, 1.165) is 5.56 Å². The van der Waals surface area contributed by atoms with Gasteiger partial charge in [0.1, 0.15) is 6.17 Å². The highest BCUT2D eigenvalue weighted by Crippen LogP contribution is 2.06. The van der Waals surface area contributed by atoms with E-state index < -0.39 is 12.1 Å². The van der Waals surface area contributed by atoms with Gasteiger partial charge in [0.15, 0.2) is 11.5 Å². The van der Waals surface area contributed by atoms with Crippen molar-refractivity contribution < 1.29 is 14.0 Å². The van der Waals surface area contributed by atoms with Crippen LogP contribution in [-0.2, 0) is 6.54 Å². The van der Waals surface area contributed by atoms with Crippen molar-refractivity contribution in [2.45, 2.75) is 12.7 Å². The molecule has 126 valence electrons. The minimum atomic E-state index is -0.861. The highest BCUT2D eigenvalue weighted by atomic mass is 16.3. The maximum atomic E-state index is 12.8. The van der Waals surface area contributed by atoms with Crippen molar-refractivity contribution in [3.8, 4) is 0 Å². The Labute approximate surface area is 145 Å². The number of amides is 1. The molecular weight excluding hydrogens is 316 g/mol. The topological polar surface area (TPSA) is 71.3 Å². The van der Waals surface area contributed by atoms with E-state index in [2.05, 4.69) is 10.6 Å². The number of Topliss-reactive ketones (excluding diaryl/α,β-unsaturated/α-hetero) is 1. The van der Waals surface area contributed by atoms with Gasteiger partial charge in [-0.25, -0.2) is 0 Å². The molecule has 25 heavy (non-hydrogen) atoms. The van der Waals surface area contributed by atoms with Crippen molar-refractivity contribution in [1.82, 2.24) is 10.6 Å². The SMILES string of the molecule is O=C(N[C@@H](NCc1ccccc1)C(=O)c1ccccc1)c1ccco1. The fourth-order valence-electron chi connectivity index (χ4n) is 2.40. The first-order valence-electron chi connectivity index (χ1n) is 7.95. The molecule has 0 saturated heterocycles. The van der Waals surface area contributed by atoms with Crippen LogP contribution < -0.4 is 10.6 Å². The second kappa shape index (κ2) is 8.08. The third-order valence-corrected chi connectivity index (χ3v) is 3.69. The van der Waals surface area contributed by atoms with Crippen molar-refractivity contribution in [1.29, 1.82) is 0 Å². The molecule has 5 heteroatoms. The molecular formula is C20H18N2O3. The first kappa shape index (κ1) is 16.7. The molecule has 5 nitrogen and oxygen atoms in total. The number of ketones is 1. The normalized spacial score (nSPS) is 11.7. The predicted molar refractivity (Wildman–Crippen MR) is 94.0 cm³/mol. The van der Waals surface area contributed by atoms with Gasteiger partial charge in [-0.1, -0.05) is 60.7 Å². The number of rotatable bonds is 7. The molecule has 0 aliphatic heterocycles. The number of benzene rings is 2. The minimum absolute atomic E-state index is 0.160. The first-order chi connectivity index (χ1) is 12.2. The molecule has 0 fully saturated rings. The van der Waals surface area contributed by atoms with Gasteiger partial charge in [0.25, 0.3) is 5.91 Å². The molecule has 2 aromatic carbocycles. The zero-order valence-electron chi connectivity index (χ0n) is 13.5. The minimum Gasteiger partial charge on any atom is -0.459 e. The first-order valence-corrected chi connectivity index (χ1v) is 7.95. The maximum absolute atomic E-state index is 12.8. The van der Waals surface area contributed by atoms with Gasteiger partial charge in [-0.15, -0.1) is 0 Å². The summed E-state index contributed by atoms with van der Waals surface area (Å²) in [5, 5.41) is 5.80. The van der Waals surface area contributed by atoms with Gasteiger partial charge in [-0.2, -0.15) is 0 Å². The van der Waals surface area contributed by atoms with Crippen LogP contribution in [0.4, 0.5) is 0 Å². The molecule has 1 atom stereocenters. The van der Waals surface area contributed by atoms with E-state index in [1.165, 1.54) is 6.26 Å². The lowest BCUT2D eigenvalue weighted by Gasteiger charge is -2.19. The van der Waals surface area contributed by atoms with Crippen molar-refractivity contribution in [3.63, 3.8) is 0 Å². The van der Waals surface area contributed by atoms with Gasteiger partial charge in [-0.3, -0.25) is 14.9 Å². The van der Waals surface area contributed by atoms with E-state index in [-0.39, 0.29) is 11.5 Å². The number of furan rings is 1. The van der Waals surface area contributed by atoms with Gasteiger partial charge < -0.3 is 9.73 Å². The second-order valence-corrected chi connectivity index (χ2v) is 5.48. The van der Waals surface area contributed by atoms with E-state index >= 15 is 0 Å². The molecule has 3 rings (SSSR count). The molecule has 0 aliphatic carbocycles. The molecule has 0 aliphatic rings. The zero-order chi connectivity index (χ0) is 17.5. The average molecular weight is 334 g/mol. The summed E-state index contributed by atoms with van der Waals surface area (Å²) >= 11 is 0. The Balaban J connectivity index is 1.75.